The van der Waals surface area contributed by atoms with Gasteiger partial charge in [-0.2, -0.15) is 0 Å². The number of aromatic nitrogens is 1. The number of benzene rings is 1. The summed E-state index contributed by atoms with van der Waals surface area (Å²) in [7, 11) is 0. The van der Waals surface area contributed by atoms with Crippen molar-refractivity contribution in [1.29, 1.82) is 0 Å². The van der Waals surface area contributed by atoms with Crippen molar-refractivity contribution < 1.29 is 14.6 Å². The van der Waals surface area contributed by atoms with Gasteiger partial charge in [-0.3, -0.25) is 0 Å². The van der Waals surface area contributed by atoms with Gasteiger partial charge in [0.05, 0.1) is 5.69 Å². The van der Waals surface area contributed by atoms with Crippen molar-refractivity contribution >= 4 is 22.4 Å². The lowest BCUT2D eigenvalue weighted by Gasteiger charge is -2.15. The number of carboxylic acid groups (broad SMARTS) is 1. The Morgan fingerprint density at radius 2 is 2.26 bits per heavy atom. The van der Waals surface area contributed by atoms with Gasteiger partial charge in [-0.25, -0.2) is 9.78 Å². The molecule has 1 unspecified atom stereocenters. The van der Waals surface area contributed by atoms with Crippen LogP contribution in [0.4, 0.5) is 5.13 Å². The fourth-order valence-corrected chi connectivity index (χ4v) is 2.22. The molecule has 0 aliphatic carbocycles. The summed E-state index contributed by atoms with van der Waals surface area (Å²) in [5.74, 6) is -0.475. The summed E-state index contributed by atoms with van der Waals surface area (Å²) in [5.41, 5.74) is 7.05. The fraction of sp³-hybridized carbons (Fsp3) is 0.231. The Kier molecular flexibility index (Phi) is 4.01. The minimum atomic E-state index is -0.977. The van der Waals surface area contributed by atoms with Crippen molar-refractivity contribution in [3.05, 3.63) is 29.6 Å². The molecule has 2 aromatic rings. The molecule has 0 amide bonds. The van der Waals surface area contributed by atoms with Crippen molar-refractivity contribution in [2.45, 2.75) is 19.4 Å². The van der Waals surface area contributed by atoms with E-state index in [1.165, 1.54) is 11.3 Å². The van der Waals surface area contributed by atoms with E-state index in [1.807, 2.05) is 17.5 Å². The number of anilines is 1. The maximum atomic E-state index is 11.0. The monoisotopic (exact) mass is 278 g/mol. The zero-order valence-electron chi connectivity index (χ0n) is 10.4. The highest BCUT2D eigenvalue weighted by Crippen LogP contribution is 2.32. The smallest absolute Gasteiger partial charge is 0.344 e. The zero-order chi connectivity index (χ0) is 13.8. The highest BCUT2D eigenvalue weighted by atomic mass is 32.1. The second-order valence-electron chi connectivity index (χ2n) is 3.92. The van der Waals surface area contributed by atoms with Crippen molar-refractivity contribution in [2.75, 3.05) is 5.73 Å². The standard InChI is InChI=1S/C13H14N2O3S/c1-2-10(12(16)17)18-11-6-4-3-5-8(11)9-7-19-13(14)15-9/h3-7,10H,2H2,1H3,(H2,14,15)(H,16,17). The Bertz CT molecular complexity index is 583. The van der Waals surface area contributed by atoms with Crippen LogP contribution >= 0.6 is 11.3 Å². The number of nitrogens with two attached hydrogens (primary N) is 1. The number of ether oxygens (including phenoxy) is 1. The predicted molar refractivity (Wildman–Crippen MR) is 74.3 cm³/mol. The molecule has 0 saturated carbocycles. The number of carbonyl (C=O) groups is 1. The summed E-state index contributed by atoms with van der Waals surface area (Å²) < 4.78 is 5.54. The molecule has 0 aliphatic heterocycles. The number of thiazole rings is 1. The molecule has 0 saturated heterocycles. The van der Waals surface area contributed by atoms with Crippen LogP contribution in [-0.4, -0.2) is 22.2 Å². The van der Waals surface area contributed by atoms with Crippen LogP contribution in [-0.2, 0) is 4.79 Å². The number of carboxylic acids is 1. The van der Waals surface area contributed by atoms with Crippen LogP contribution in [0, 0.1) is 0 Å². The topological polar surface area (TPSA) is 85.4 Å². The minimum absolute atomic E-state index is 0.392. The van der Waals surface area contributed by atoms with Crippen LogP contribution in [0.5, 0.6) is 5.75 Å². The molecule has 6 heteroatoms. The number of hydrogen-bond donors (Lipinski definition) is 2. The van der Waals surface area contributed by atoms with Gasteiger partial charge in [0.25, 0.3) is 0 Å². The maximum Gasteiger partial charge on any atom is 0.344 e. The lowest BCUT2D eigenvalue weighted by atomic mass is 10.1. The van der Waals surface area contributed by atoms with Gasteiger partial charge >= 0.3 is 5.97 Å². The Labute approximate surface area is 114 Å². The third kappa shape index (κ3) is 3.03. The highest BCUT2D eigenvalue weighted by Gasteiger charge is 2.19. The third-order valence-electron chi connectivity index (χ3n) is 2.60. The van der Waals surface area contributed by atoms with Crippen molar-refractivity contribution in [3.63, 3.8) is 0 Å². The molecule has 0 bridgehead atoms. The second kappa shape index (κ2) is 5.71. The van der Waals surface area contributed by atoms with Gasteiger partial charge < -0.3 is 15.6 Å². The predicted octanol–water partition coefficient (Wildman–Crippen LogP) is 2.63. The van der Waals surface area contributed by atoms with E-state index in [2.05, 4.69) is 4.98 Å². The van der Waals surface area contributed by atoms with E-state index in [0.717, 1.165) is 5.56 Å². The fourth-order valence-electron chi connectivity index (χ4n) is 1.65. The molecule has 100 valence electrons. The van der Waals surface area contributed by atoms with Crippen molar-refractivity contribution in [3.8, 4) is 17.0 Å². The van der Waals surface area contributed by atoms with Crippen LogP contribution in [0.3, 0.4) is 0 Å². The van der Waals surface area contributed by atoms with E-state index in [9.17, 15) is 4.79 Å². The van der Waals surface area contributed by atoms with E-state index in [4.69, 9.17) is 15.6 Å². The van der Waals surface area contributed by atoms with E-state index in [0.29, 0.717) is 23.0 Å². The van der Waals surface area contributed by atoms with Crippen LogP contribution in [0.2, 0.25) is 0 Å². The summed E-state index contributed by atoms with van der Waals surface area (Å²) in [6.07, 6.45) is -0.472. The first kappa shape index (κ1) is 13.4. The number of nitrogens with zero attached hydrogens (tertiary/aromatic N) is 1. The molecule has 0 aliphatic rings. The molecular weight excluding hydrogens is 264 g/mol. The van der Waals surface area contributed by atoms with Crippen LogP contribution in [0.1, 0.15) is 13.3 Å². The zero-order valence-corrected chi connectivity index (χ0v) is 11.2. The quantitative estimate of drug-likeness (QED) is 0.878. The SMILES string of the molecule is CCC(Oc1ccccc1-c1csc(N)n1)C(=O)O. The largest absolute Gasteiger partial charge is 0.479 e. The van der Waals surface area contributed by atoms with Gasteiger partial charge in [-0.15, -0.1) is 11.3 Å². The molecule has 1 aromatic carbocycles. The average Bonchev–Trinajstić information content (AvgIpc) is 2.82. The number of nitrogen functional groups attached to an aromatic ring is 1. The van der Waals surface area contributed by atoms with E-state index in [1.54, 1.807) is 19.1 Å². The van der Waals surface area contributed by atoms with E-state index in [-0.39, 0.29) is 0 Å². The number of hydrogen-bond acceptors (Lipinski definition) is 5. The summed E-state index contributed by atoms with van der Waals surface area (Å²) in [6, 6.07) is 7.21. The average molecular weight is 278 g/mol. The van der Waals surface area contributed by atoms with Crippen LogP contribution in [0.15, 0.2) is 29.6 Å². The van der Waals surface area contributed by atoms with Gasteiger partial charge in [0.15, 0.2) is 11.2 Å². The number of rotatable bonds is 5. The number of aliphatic carboxylic acids is 1. The molecule has 19 heavy (non-hydrogen) atoms. The summed E-state index contributed by atoms with van der Waals surface area (Å²) in [5, 5.41) is 11.3. The summed E-state index contributed by atoms with van der Waals surface area (Å²) >= 11 is 1.33. The normalized spacial score (nSPS) is 12.1. The molecule has 1 heterocycles. The van der Waals surface area contributed by atoms with Gasteiger partial charge in [-0.05, 0) is 18.6 Å². The molecular formula is C13H14N2O3S. The maximum absolute atomic E-state index is 11.0. The Morgan fingerprint density at radius 3 is 2.84 bits per heavy atom. The van der Waals surface area contributed by atoms with E-state index >= 15 is 0 Å². The highest BCUT2D eigenvalue weighted by molar-refractivity contribution is 7.13. The molecule has 3 N–H and O–H groups in total. The lowest BCUT2D eigenvalue weighted by Crippen LogP contribution is -2.26. The van der Waals surface area contributed by atoms with Gasteiger partial charge in [0, 0.05) is 10.9 Å². The van der Waals surface area contributed by atoms with Gasteiger partial charge in [0.1, 0.15) is 5.75 Å². The van der Waals surface area contributed by atoms with Crippen molar-refractivity contribution in [2.24, 2.45) is 0 Å². The molecule has 0 radical (unpaired) electrons. The van der Waals surface area contributed by atoms with Gasteiger partial charge in [-0.1, -0.05) is 19.1 Å². The number of para-hydroxylation sites is 1. The summed E-state index contributed by atoms with van der Waals surface area (Å²) in [6.45, 7) is 1.77. The first-order valence-electron chi connectivity index (χ1n) is 5.81. The Morgan fingerprint density at radius 1 is 1.53 bits per heavy atom. The van der Waals surface area contributed by atoms with Crippen LogP contribution < -0.4 is 10.5 Å². The Balaban J connectivity index is 2.33. The lowest BCUT2D eigenvalue weighted by molar-refractivity contribution is -0.145. The molecule has 0 fully saturated rings. The van der Waals surface area contributed by atoms with Gasteiger partial charge in [0.2, 0.25) is 0 Å². The summed E-state index contributed by atoms with van der Waals surface area (Å²) in [4.78, 5) is 15.2. The first-order valence-corrected chi connectivity index (χ1v) is 6.69. The molecule has 5 nitrogen and oxygen atoms in total. The van der Waals surface area contributed by atoms with Crippen molar-refractivity contribution in [1.82, 2.24) is 4.98 Å². The third-order valence-corrected chi connectivity index (χ3v) is 3.27. The Hall–Kier alpha value is -2.08. The van der Waals surface area contributed by atoms with Crippen LogP contribution in [0.25, 0.3) is 11.3 Å². The first-order chi connectivity index (χ1) is 9.11. The second-order valence-corrected chi connectivity index (χ2v) is 4.81. The minimum Gasteiger partial charge on any atom is -0.479 e. The molecule has 2 rings (SSSR count). The molecule has 1 aromatic heterocycles. The molecule has 1 atom stereocenters. The molecule has 0 spiro atoms. The van der Waals surface area contributed by atoms with E-state index < -0.39 is 12.1 Å².